The molecule has 6 heteroatoms. The molecule has 0 aromatic heterocycles. The predicted molar refractivity (Wildman–Crippen MR) is 79.9 cm³/mol. The zero-order valence-electron chi connectivity index (χ0n) is 12.5. The van der Waals surface area contributed by atoms with E-state index in [1.807, 2.05) is 38.8 Å². The van der Waals surface area contributed by atoms with Crippen LogP contribution in [0.1, 0.15) is 26.3 Å². The third-order valence-corrected chi connectivity index (χ3v) is 3.51. The number of nitrogens with zero attached hydrogens (tertiary/aromatic N) is 2. The maximum Gasteiger partial charge on any atom is 0.292 e. The fraction of sp³-hybridized carbons (Fsp3) is 0.571. The van der Waals surface area contributed by atoms with Crippen molar-refractivity contribution in [2.24, 2.45) is 0 Å². The van der Waals surface area contributed by atoms with E-state index in [1.54, 1.807) is 6.07 Å². The van der Waals surface area contributed by atoms with Gasteiger partial charge in [0.25, 0.3) is 5.69 Å². The summed E-state index contributed by atoms with van der Waals surface area (Å²) in [4.78, 5) is 12.7. The van der Waals surface area contributed by atoms with Crippen molar-refractivity contribution in [1.82, 2.24) is 4.90 Å². The minimum absolute atomic E-state index is 0.0228. The molecule has 0 saturated heterocycles. The van der Waals surface area contributed by atoms with Crippen LogP contribution >= 0.6 is 0 Å². The van der Waals surface area contributed by atoms with Crippen molar-refractivity contribution in [3.63, 3.8) is 0 Å². The Bertz CT molecular complexity index is 475. The molecule has 0 saturated carbocycles. The average molecular weight is 281 g/mol. The van der Waals surface area contributed by atoms with E-state index in [-0.39, 0.29) is 22.8 Å². The highest BCUT2D eigenvalue weighted by atomic mass is 16.6. The number of aliphatic hydroxyl groups is 1. The Hall–Kier alpha value is -1.66. The van der Waals surface area contributed by atoms with Crippen LogP contribution < -0.4 is 5.32 Å². The van der Waals surface area contributed by atoms with Gasteiger partial charge in [0.1, 0.15) is 5.69 Å². The first-order chi connectivity index (χ1) is 9.33. The first-order valence-electron chi connectivity index (χ1n) is 6.65. The molecular formula is C14H23N3O3. The number of nitro benzene ring substituents is 1. The number of hydrogen-bond donors (Lipinski definition) is 2. The van der Waals surface area contributed by atoms with E-state index < -0.39 is 0 Å². The highest BCUT2D eigenvalue weighted by molar-refractivity contribution is 5.66. The summed E-state index contributed by atoms with van der Waals surface area (Å²) in [6.07, 6.45) is 0. The second-order valence-electron chi connectivity index (χ2n) is 5.43. The maximum atomic E-state index is 11.1. The predicted octanol–water partition coefficient (Wildman–Crippen LogP) is 2.23. The Kier molecular flexibility index (Phi) is 5.47. The summed E-state index contributed by atoms with van der Waals surface area (Å²) in [6.45, 7) is 6.92. The number of nitro groups is 1. The number of para-hydroxylation sites is 1. The molecule has 2 N–H and O–H groups in total. The monoisotopic (exact) mass is 281 g/mol. The molecule has 0 heterocycles. The van der Waals surface area contributed by atoms with Crippen LogP contribution in [-0.4, -0.2) is 40.7 Å². The Morgan fingerprint density at radius 2 is 2.10 bits per heavy atom. The smallest absolute Gasteiger partial charge is 0.292 e. The van der Waals surface area contributed by atoms with Crippen molar-refractivity contribution in [2.45, 2.75) is 32.9 Å². The molecule has 1 rings (SSSR count). The van der Waals surface area contributed by atoms with Crippen LogP contribution in [0.2, 0.25) is 0 Å². The van der Waals surface area contributed by atoms with Gasteiger partial charge in [0.2, 0.25) is 0 Å². The van der Waals surface area contributed by atoms with Gasteiger partial charge in [-0.05, 0) is 33.4 Å². The van der Waals surface area contributed by atoms with Crippen LogP contribution in [0.5, 0.6) is 0 Å². The molecule has 1 aromatic rings. The lowest BCUT2D eigenvalue weighted by Crippen LogP contribution is -2.43. The van der Waals surface area contributed by atoms with Crippen LogP contribution in [0, 0.1) is 10.1 Å². The summed E-state index contributed by atoms with van der Waals surface area (Å²) in [5, 5.41) is 23.6. The standard InChI is InChI=1S/C14H23N3O3/c1-5-15-13-11(7-6-8-12(13)17(19)20)9-16(4)14(2,3)10-18/h6-8,15,18H,5,9-10H2,1-4H3. The van der Waals surface area contributed by atoms with Crippen LogP contribution in [0.4, 0.5) is 11.4 Å². The summed E-state index contributed by atoms with van der Waals surface area (Å²) in [6, 6.07) is 5.06. The quantitative estimate of drug-likeness (QED) is 0.592. The van der Waals surface area contributed by atoms with Crippen LogP contribution in [-0.2, 0) is 6.54 Å². The first kappa shape index (κ1) is 16.4. The zero-order chi connectivity index (χ0) is 15.3. The SMILES string of the molecule is CCNc1c(CN(C)C(C)(C)CO)cccc1[N+](=O)[O-]. The molecule has 0 aliphatic heterocycles. The van der Waals surface area contributed by atoms with E-state index in [0.717, 1.165) is 5.56 Å². The summed E-state index contributed by atoms with van der Waals surface area (Å²) >= 11 is 0. The van der Waals surface area contributed by atoms with Gasteiger partial charge in [-0.2, -0.15) is 0 Å². The van der Waals surface area contributed by atoms with E-state index in [1.165, 1.54) is 6.07 Å². The fourth-order valence-electron chi connectivity index (χ4n) is 1.84. The normalized spacial score (nSPS) is 11.7. The largest absolute Gasteiger partial charge is 0.394 e. The number of hydrogen-bond acceptors (Lipinski definition) is 5. The van der Waals surface area contributed by atoms with Crippen LogP contribution in [0.3, 0.4) is 0 Å². The van der Waals surface area contributed by atoms with Gasteiger partial charge in [0.15, 0.2) is 0 Å². The van der Waals surface area contributed by atoms with Crippen molar-refractivity contribution in [1.29, 1.82) is 0 Å². The topological polar surface area (TPSA) is 78.6 Å². The summed E-state index contributed by atoms with van der Waals surface area (Å²) in [5.74, 6) is 0. The molecule has 0 amide bonds. The highest BCUT2D eigenvalue weighted by Crippen LogP contribution is 2.30. The first-order valence-corrected chi connectivity index (χ1v) is 6.65. The number of benzene rings is 1. The molecule has 0 aliphatic carbocycles. The lowest BCUT2D eigenvalue weighted by molar-refractivity contribution is -0.384. The molecular weight excluding hydrogens is 258 g/mol. The van der Waals surface area contributed by atoms with Crippen molar-refractivity contribution < 1.29 is 10.0 Å². The molecule has 0 fully saturated rings. The van der Waals surface area contributed by atoms with Crippen molar-refractivity contribution in [3.8, 4) is 0 Å². The Morgan fingerprint density at radius 3 is 2.60 bits per heavy atom. The maximum absolute atomic E-state index is 11.1. The molecule has 0 bridgehead atoms. The molecule has 0 unspecified atom stereocenters. The second-order valence-corrected chi connectivity index (χ2v) is 5.43. The minimum atomic E-state index is -0.381. The van der Waals surface area contributed by atoms with Gasteiger partial charge in [0, 0.05) is 24.7 Å². The molecule has 112 valence electrons. The van der Waals surface area contributed by atoms with E-state index in [9.17, 15) is 15.2 Å². The number of likely N-dealkylation sites (N-methyl/N-ethyl adjacent to an activating group) is 1. The lowest BCUT2D eigenvalue weighted by Gasteiger charge is -2.34. The van der Waals surface area contributed by atoms with Gasteiger partial charge in [-0.15, -0.1) is 0 Å². The summed E-state index contributed by atoms with van der Waals surface area (Å²) in [5.41, 5.74) is 1.11. The lowest BCUT2D eigenvalue weighted by atomic mass is 10.0. The van der Waals surface area contributed by atoms with E-state index in [0.29, 0.717) is 18.8 Å². The van der Waals surface area contributed by atoms with Gasteiger partial charge in [-0.3, -0.25) is 15.0 Å². The third-order valence-electron chi connectivity index (χ3n) is 3.51. The minimum Gasteiger partial charge on any atom is -0.394 e. The molecule has 6 nitrogen and oxygen atoms in total. The average Bonchev–Trinajstić information content (AvgIpc) is 2.40. The number of nitrogens with one attached hydrogen (secondary N) is 1. The van der Waals surface area contributed by atoms with Crippen molar-refractivity contribution in [2.75, 3.05) is 25.5 Å². The summed E-state index contributed by atoms with van der Waals surface area (Å²) in [7, 11) is 1.89. The molecule has 0 atom stereocenters. The molecule has 20 heavy (non-hydrogen) atoms. The molecule has 0 radical (unpaired) electrons. The van der Waals surface area contributed by atoms with E-state index in [4.69, 9.17) is 0 Å². The highest BCUT2D eigenvalue weighted by Gasteiger charge is 2.25. The van der Waals surface area contributed by atoms with Gasteiger partial charge in [0.05, 0.1) is 11.5 Å². The zero-order valence-corrected chi connectivity index (χ0v) is 12.5. The number of rotatable bonds is 7. The summed E-state index contributed by atoms with van der Waals surface area (Å²) < 4.78 is 0. The Morgan fingerprint density at radius 1 is 1.45 bits per heavy atom. The van der Waals surface area contributed by atoms with Gasteiger partial charge < -0.3 is 10.4 Å². The molecule has 0 aliphatic rings. The fourth-order valence-corrected chi connectivity index (χ4v) is 1.84. The second kappa shape index (κ2) is 6.67. The number of anilines is 1. The Labute approximate surface area is 119 Å². The van der Waals surface area contributed by atoms with Crippen LogP contribution in [0.15, 0.2) is 18.2 Å². The van der Waals surface area contributed by atoms with E-state index in [2.05, 4.69) is 5.32 Å². The van der Waals surface area contributed by atoms with Gasteiger partial charge in [-0.25, -0.2) is 0 Å². The third kappa shape index (κ3) is 3.68. The van der Waals surface area contributed by atoms with Crippen molar-refractivity contribution >= 4 is 11.4 Å². The van der Waals surface area contributed by atoms with Gasteiger partial charge in [-0.1, -0.05) is 12.1 Å². The van der Waals surface area contributed by atoms with Crippen LogP contribution in [0.25, 0.3) is 0 Å². The van der Waals surface area contributed by atoms with Crippen molar-refractivity contribution in [3.05, 3.63) is 33.9 Å². The van der Waals surface area contributed by atoms with Gasteiger partial charge >= 0.3 is 0 Å². The number of aliphatic hydroxyl groups excluding tert-OH is 1. The Balaban J connectivity index is 3.11. The van der Waals surface area contributed by atoms with E-state index >= 15 is 0 Å². The molecule has 0 spiro atoms. The molecule has 1 aromatic carbocycles.